The van der Waals surface area contributed by atoms with Crippen molar-refractivity contribution in [1.29, 1.82) is 0 Å². The monoisotopic (exact) mass is 324 g/mol. The van der Waals surface area contributed by atoms with Gasteiger partial charge >= 0.3 is 0 Å². The summed E-state index contributed by atoms with van der Waals surface area (Å²) in [6.07, 6.45) is -0.259. The molecule has 0 radical (unpaired) electrons. The lowest BCUT2D eigenvalue weighted by atomic mass is 10.0. The summed E-state index contributed by atoms with van der Waals surface area (Å²) >= 11 is 0. The van der Waals surface area contributed by atoms with E-state index in [0.29, 0.717) is 18.8 Å². The molecule has 1 amide bonds. The molecule has 0 aliphatic carbocycles. The molecule has 0 saturated carbocycles. The van der Waals surface area contributed by atoms with Gasteiger partial charge in [0.2, 0.25) is 15.9 Å². The third-order valence-corrected chi connectivity index (χ3v) is 5.99. The van der Waals surface area contributed by atoms with Crippen molar-refractivity contribution in [2.24, 2.45) is 0 Å². The van der Waals surface area contributed by atoms with Gasteiger partial charge in [-0.25, -0.2) is 8.42 Å². The summed E-state index contributed by atoms with van der Waals surface area (Å²) in [5, 5.41) is 2.75. The first-order chi connectivity index (χ1) is 10.3. The minimum Gasteiger partial charge on any atom is -0.373 e. The number of ether oxygens (including phenoxy) is 1. The fourth-order valence-electron chi connectivity index (χ4n) is 3.03. The highest BCUT2D eigenvalue weighted by molar-refractivity contribution is 7.89. The van der Waals surface area contributed by atoms with Crippen LogP contribution in [0.3, 0.4) is 0 Å². The Morgan fingerprint density at radius 3 is 2.45 bits per heavy atom. The Labute approximate surface area is 130 Å². The maximum Gasteiger partial charge on any atom is 0.243 e. The number of carbonyl (C=O) groups is 1. The Morgan fingerprint density at radius 2 is 1.82 bits per heavy atom. The minimum absolute atomic E-state index is 0.0989. The second-order valence-corrected chi connectivity index (χ2v) is 7.98. The van der Waals surface area contributed by atoms with Gasteiger partial charge in [-0.15, -0.1) is 0 Å². The van der Waals surface area contributed by atoms with E-state index in [1.165, 1.54) is 4.31 Å². The molecule has 2 aliphatic heterocycles. The van der Waals surface area contributed by atoms with E-state index in [9.17, 15) is 13.2 Å². The highest BCUT2D eigenvalue weighted by Crippen LogP contribution is 2.34. The summed E-state index contributed by atoms with van der Waals surface area (Å²) in [6, 6.07) is 4.83. The van der Waals surface area contributed by atoms with Crippen LogP contribution in [0, 0.1) is 0 Å². The summed E-state index contributed by atoms with van der Waals surface area (Å²) in [5.74, 6) is -0.425. The lowest BCUT2D eigenvalue weighted by molar-refractivity contribution is -0.116. The van der Waals surface area contributed by atoms with Gasteiger partial charge in [-0.05, 0) is 44.5 Å². The van der Waals surface area contributed by atoms with E-state index in [2.05, 4.69) is 5.32 Å². The molecule has 1 N–H and O–H groups in total. The second-order valence-electron chi connectivity index (χ2n) is 6.04. The molecule has 22 heavy (non-hydrogen) atoms. The summed E-state index contributed by atoms with van der Waals surface area (Å²) < 4.78 is 32.7. The van der Waals surface area contributed by atoms with Gasteiger partial charge in [-0.2, -0.15) is 4.31 Å². The Hall–Kier alpha value is -1.44. The van der Waals surface area contributed by atoms with E-state index < -0.39 is 10.0 Å². The Kier molecular flexibility index (Phi) is 3.74. The zero-order valence-electron chi connectivity index (χ0n) is 12.9. The molecule has 0 bridgehead atoms. The average molecular weight is 324 g/mol. The fraction of sp³-hybridized carbons (Fsp3) is 0.533. The molecule has 0 unspecified atom stereocenters. The highest BCUT2D eigenvalue weighted by atomic mass is 32.2. The maximum atomic E-state index is 12.8. The van der Waals surface area contributed by atoms with Crippen LogP contribution in [0.2, 0.25) is 0 Å². The molecule has 3 rings (SSSR count). The number of nitrogens with zero attached hydrogens (tertiary/aromatic N) is 1. The second kappa shape index (κ2) is 5.33. The molecule has 0 spiro atoms. The molecule has 2 aliphatic rings. The van der Waals surface area contributed by atoms with Gasteiger partial charge in [0, 0.05) is 18.8 Å². The van der Waals surface area contributed by atoms with Crippen molar-refractivity contribution in [1.82, 2.24) is 4.31 Å². The molecule has 1 saturated heterocycles. The minimum atomic E-state index is -3.58. The first-order valence-electron chi connectivity index (χ1n) is 7.39. The number of fused-ring (bicyclic) bond motifs is 1. The van der Waals surface area contributed by atoms with E-state index in [0.717, 1.165) is 5.56 Å². The quantitative estimate of drug-likeness (QED) is 0.895. The van der Waals surface area contributed by atoms with Gasteiger partial charge in [0.15, 0.2) is 0 Å². The van der Waals surface area contributed by atoms with E-state index in [-0.39, 0.29) is 28.9 Å². The number of morpholine rings is 1. The number of rotatable bonds is 2. The molecule has 2 heterocycles. The van der Waals surface area contributed by atoms with Crippen molar-refractivity contribution in [3.05, 3.63) is 23.8 Å². The third-order valence-electron chi connectivity index (χ3n) is 4.16. The largest absolute Gasteiger partial charge is 0.373 e. The van der Waals surface area contributed by atoms with Gasteiger partial charge < -0.3 is 10.1 Å². The van der Waals surface area contributed by atoms with Gasteiger partial charge in [0.25, 0.3) is 0 Å². The van der Waals surface area contributed by atoms with Crippen molar-refractivity contribution >= 4 is 21.6 Å². The number of anilines is 1. The highest BCUT2D eigenvalue weighted by Gasteiger charge is 2.34. The normalized spacial score (nSPS) is 29.2. The standard InChI is InChI=1S/C15H20N2O4S/c1-9-7-17(8-10(2)21-9)22(19,20)12-4-5-14-13(6-12)11(3)15(18)16-14/h4-6,9-11H,7-8H2,1-3H3,(H,16,18)/t9-,10+,11-/m0/s1. The van der Waals surface area contributed by atoms with Crippen molar-refractivity contribution < 1.29 is 17.9 Å². The number of hydrogen-bond donors (Lipinski definition) is 1. The molecule has 1 aromatic carbocycles. The van der Waals surface area contributed by atoms with Crippen LogP contribution < -0.4 is 5.32 Å². The number of nitrogens with one attached hydrogen (secondary N) is 1. The molecule has 7 heteroatoms. The van der Waals surface area contributed by atoms with Gasteiger partial charge in [0.05, 0.1) is 23.0 Å². The smallest absolute Gasteiger partial charge is 0.243 e. The number of hydrogen-bond acceptors (Lipinski definition) is 4. The van der Waals surface area contributed by atoms with E-state index >= 15 is 0 Å². The van der Waals surface area contributed by atoms with Gasteiger partial charge in [0.1, 0.15) is 0 Å². The summed E-state index contributed by atoms with van der Waals surface area (Å²) in [4.78, 5) is 11.9. The lowest BCUT2D eigenvalue weighted by Crippen LogP contribution is -2.48. The predicted octanol–water partition coefficient (Wildman–Crippen LogP) is 1.54. The summed E-state index contributed by atoms with van der Waals surface area (Å²) in [6.45, 7) is 6.19. The molecule has 120 valence electrons. The van der Waals surface area contributed by atoms with Crippen molar-refractivity contribution in [2.75, 3.05) is 18.4 Å². The first kappa shape index (κ1) is 15.5. The predicted molar refractivity (Wildman–Crippen MR) is 82.3 cm³/mol. The molecular formula is C15H20N2O4S. The Morgan fingerprint density at radius 1 is 1.18 bits per heavy atom. The first-order valence-corrected chi connectivity index (χ1v) is 8.83. The molecule has 1 fully saturated rings. The summed E-state index contributed by atoms with van der Waals surface area (Å²) in [5.41, 5.74) is 1.43. The molecular weight excluding hydrogens is 304 g/mol. The zero-order valence-corrected chi connectivity index (χ0v) is 13.7. The zero-order chi connectivity index (χ0) is 16.1. The van der Waals surface area contributed by atoms with Crippen LogP contribution in [0.1, 0.15) is 32.3 Å². The number of amides is 1. The topological polar surface area (TPSA) is 75.7 Å². The van der Waals surface area contributed by atoms with E-state index in [1.54, 1.807) is 25.1 Å². The third kappa shape index (κ3) is 2.53. The van der Waals surface area contributed by atoms with Crippen LogP contribution in [0.25, 0.3) is 0 Å². The van der Waals surface area contributed by atoms with Crippen LogP contribution in [0.15, 0.2) is 23.1 Å². The van der Waals surface area contributed by atoms with Crippen LogP contribution in [-0.2, 0) is 19.6 Å². The number of carbonyl (C=O) groups excluding carboxylic acids is 1. The van der Waals surface area contributed by atoms with Crippen LogP contribution in [0.5, 0.6) is 0 Å². The molecule has 3 atom stereocenters. The number of sulfonamides is 1. The SMILES string of the molecule is C[C@@H]1CN(S(=O)(=O)c2ccc3c(c2)[C@H](C)C(=O)N3)C[C@H](C)O1. The molecule has 6 nitrogen and oxygen atoms in total. The van der Waals surface area contributed by atoms with E-state index in [4.69, 9.17) is 4.74 Å². The molecule has 0 aromatic heterocycles. The maximum absolute atomic E-state index is 12.8. The fourth-order valence-corrected chi connectivity index (χ4v) is 4.66. The lowest BCUT2D eigenvalue weighted by Gasteiger charge is -2.34. The van der Waals surface area contributed by atoms with Crippen LogP contribution in [-0.4, -0.2) is 43.9 Å². The van der Waals surface area contributed by atoms with E-state index in [1.807, 2.05) is 13.8 Å². The van der Waals surface area contributed by atoms with Crippen molar-refractivity contribution in [3.8, 4) is 0 Å². The van der Waals surface area contributed by atoms with Gasteiger partial charge in [-0.1, -0.05) is 0 Å². The Bertz CT molecular complexity index is 706. The number of benzene rings is 1. The average Bonchev–Trinajstić information content (AvgIpc) is 2.73. The van der Waals surface area contributed by atoms with Crippen LogP contribution in [0.4, 0.5) is 5.69 Å². The van der Waals surface area contributed by atoms with Crippen molar-refractivity contribution in [3.63, 3.8) is 0 Å². The van der Waals surface area contributed by atoms with Crippen LogP contribution >= 0.6 is 0 Å². The summed E-state index contributed by atoms with van der Waals surface area (Å²) in [7, 11) is -3.58. The molecule has 1 aromatic rings. The van der Waals surface area contributed by atoms with Gasteiger partial charge in [-0.3, -0.25) is 4.79 Å². The van der Waals surface area contributed by atoms with Crippen molar-refractivity contribution in [2.45, 2.75) is 43.8 Å². The Balaban J connectivity index is 1.95.